The molecule has 0 saturated heterocycles. The van der Waals surface area contributed by atoms with Crippen molar-refractivity contribution in [2.24, 2.45) is 0 Å². The molecule has 5 heteroatoms. The lowest BCUT2D eigenvalue weighted by Crippen LogP contribution is -2.17. The van der Waals surface area contributed by atoms with Gasteiger partial charge < -0.3 is 10.5 Å². The fourth-order valence-corrected chi connectivity index (χ4v) is 1.51. The van der Waals surface area contributed by atoms with Crippen LogP contribution < -0.4 is 10.5 Å². The number of ether oxygens (including phenoxy) is 1. The van der Waals surface area contributed by atoms with Crippen LogP contribution >= 0.6 is 0 Å². The zero-order valence-corrected chi connectivity index (χ0v) is 8.08. The second kappa shape index (κ2) is 3.59. The summed E-state index contributed by atoms with van der Waals surface area (Å²) in [6.07, 6.45) is -4.71. The third kappa shape index (κ3) is 2.18. The molecule has 0 aliphatic rings. The highest BCUT2D eigenvalue weighted by molar-refractivity contribution is 5.91. The number of fused-ring (bicyclic) bond motifs is 1. The molecule has 0 bridgehead atoms. The molecule has 0 fully saturated rings. The van der Waals surface area contributed by atoms with Crippen molar-refractivity contribution in [2.75, 3.05) is 5.73 Å². The molecular formula is C11H8F3NO. The fourth-order valence-electron chi connectivity index (χ4n) is 1.51. The second-order valence-electron chi connectivity index (χ2n) is 3.29. The third-order valence-electron chi connectivity index (χ3n) is 2.07. The Morgan fingerprint density at radius 2 is 1.75 bits per heavy atom. The van der Waals surface area contributed by atoms with E-state index in [2.05, 4.69) is 4.74 Å². The SMILES string of the molecule is Nc1cc(OC(F)(F)F)c2ccccc2c1. The Hall–Kier alpha value is -1.91. The summed E-state index contributed by atoms with van der Waals surface area (Å²) in [6.45, 7) is 0. The van der Waals surface area contributed by atoms with Crippen LogP contribution in [0.2, 0.25) is 0 Å². The van der Waals surface area contributed by atoms with Crippen LogP contribution in [0.1, 0.15) is 0 Å². The van der Waals surface area contributed by atoms with E-state index in [1.807, 2.05) is 0 Å². The van der Waals surface area contributed by atoms with E-state index in [-0.39, 0.29) is 11.4 Å². The summed E-state index contributed by atoms with van der Waals surface area (Å²) in [5.74, 6) is -0.275. The zero-order chi connectivity index (χ0) is 11.8. The lowest BCUT2D eigenvalue weighted by molar-refractivity contribution is -0.274. The quantitative estimate of drug-likeness (QED) is 0.758. The van der Waals surface area contributed by atoms with Crippen LogP contribution in [0.15, 0.2) is 36.4 Å². The number of nitrogen functional groups attached to an aromatic ring is 1. The summed E-state index contributed by atoms with van der Waals surface area (Å²) in [4.78, 5) is 0. The Balaban J connectivity index is 2.59. The van der Waals surface area contributed by atoms with E-state index in [0.29, 0.717) is 10.8 Å². The summed E-state index contributed by atoms with van der Waals surface area (Å²) in [6, 6.07) is 9.35. The van der Waals surface area contributed by atoms with E-state index in [1.165, 1.54) is 0 Å². The molecule has 0 heterocycles. The molecule has 0 aromatic heterocycles. The molecule has 0 spiro atoms. The van der Waals surface area contributed by atoms with Crippen LogP contribution in [0.3, 0.4) is 0 Å². The van der Waals surface area contributed by atoms with Gasteiger partial charge in [0.25, 0.3) is 0 Å². The maximum atomic E-state index is 12.1. The highest BCUT2D eigenvalue weighted by Gasteiger charge is 2.31. The molecule has 0 aliphatic heterocycles. The monoisotopic (exact) mass is 227 g/mol. The molecule has 2 nitrogen and oxygen atoms in total. The minimum atomic E-state index is -4.71. The standard InChI is InChI=1S/C11H8F3NO/c12-11(13,14)16-10-6-8(15)5-7-3-1-2-4-9(7)10/h1-6H,15H2. The Morgan fingerprint density at radius 3 is 2.44 bits per heavy atom. The van der Waals surface area contributed by atoms with Crippen molar-refractivity contribution in [1.29, 1.82) is 0 Å². The first-order chi connectivity index (χ1) is 7.46. The molecule has 0 radical (unpaired) electrons. The third-order valence-corrected chi connectivity index (χ3v) is 2.07. The molecule has 0 amide bonds. The number of hydrogen-bond acceptors (Lipinski definition) is 2. The number of nitrogens with two attached hydrogens (primary N) is 1. The predicted molar refractivity (Wildman–Crippen MR) is 55.0 cm³/mol. The smallest absolute Gasteiger partial charge is 0.405 e. The number of hydrogen-bond donors (Lipinski definition) is 1. The van der Waals surface area contributed by atoms with Crippen molar-refractivity contribution in [1.82, 2.24) is 0 Å². The molecule has 16 heavy (non-hydrogen) atoms. The van der Waals surface area contributed by atoms with Crippen molar-refractivity contribution < 1.29 is 17.9 Å². The van der Waals surface area contributed by atoms with Crippen LogP contribution in [0.4, 0.5) is 18.9 Å². The maximum Gasteiger partial charge on any atom is 0.573 e. The number of halogens is 3. The Labute approximate surface area is 89.4 Å². The van der Waals surface area contributed by atoms with Crippen molar-refractivity contribution in [2.45, 2.75) is 6.36 Å². The van der Waals surface area contributed by atoms with Crippen LogP contribution in [0.25, 0.3) is 10.8 Å². The minimum absolute atomic E-state index is 0.234. The lowest BCUT2D eigenvalue weighted by Gasteiger charge is -2.12. The van der Waals surface area contributed by atoms with Crippen LogP contribution in [0.5, 0.6) is 5.75 Å². The van der Waals surface area contributed by atoms with Gasteiger partial charge in [-0.15, -0.1) is 13.2 Å². The molecule has 2 N–H and O–H groups in total. The first-order valence-electron chi connectivity index (χ1n) is 4.50. The van der Waals surface area contributed by atoms with E-state index < -0.39 is 6.36 Å². The van der Waals surface area contributed by atoms with Gasteiger partial charge in [-0.25, -0.2) is 0 Å². The van der Waals surface area contributed by atoms with Crippen molar-refractivity contribution >= 4 is 16.5 Å². The van der Waals surface area contributed by atoms with Crippen molar-refractivity contribution in [3.8, 4) is 5.75 Å². The van der Waals surface area contributed by atoms with Gasteiger partial charge in [0.15, 0.2) is 0 Å². The Kier molecular flexibility index (Phi) is 2.38. The van der Waals surface area contributed by atoms with E-state index in [9.17, 15) is 13.2 Å². The van der Waals surface area contributed by atoms with Crippen LogP contribution in [-0.4, -0.2) is 6.36 Å². The molecule has 2 rings (SSSR count). The second-order valence-corrected chi connectivity index (χ2v) is 3.29. The van der Waals surface area contributed by atoms with E-state index in [1.54, 1.807) is 30.3 Å². The fraction of sp³-hybridized carbons (Fsp3) is 0.0909. The number of rotatable bonds is 1. The summed E-state index contributed by atoms with van der Waals surface area (Å²) in [5.41, 5.74) is 5.73. The van der Waals surface area contributed by atoms with Gasteiger partial charge in [-0.2, -0.15) is 0 Å². The number of benzene rings is 2. The Morgan fingerprint density at radius 1 is 1.06 bits per heavy atom. The van der Waals surface area contributed by atoms with Gasteiger partial charge in [0, 0.05) is 17.1 Å². The molecular weight excluding hydrogens is 219 g/mol. The largest absolute Gasteiger partial charge is 0.573 e. The van der Waals surface area contributed by atoms with Gasteiger partial charge in [-0.1, -0.05) is 24.3 Å². The molecule has 0 unspecified atom stereocenters. The normalized spacial score (nSPS) is 11.7. The van der Waals surface area contributed by atoms with E-state index >= 15 is 0 Å². The lowest BCUT2D eigenvalue weighted by atomic mass is 10.1. The molecule has 84 valence electrons. The van der Waals surface area contributed by atoms with Crippen LogP contribution in [-0.2, 0) is 0 Å². The summed E-state index contributed by atoms with van der Waals surface area (Å²) >= 11 is 0. The molecule has 2 aromatic rings. The maximum absolute atomic E-state index is 12.1. The number of alkyl halides is 3. The van der Waals surface area contributed by atoms with Gasteiger partial charge in [0.05, 0.1) is 0 Å². The highest BCUT2D eigenvalue weighted by atomic mass is 19.4. The summed E-state index contributed by atoms with van der Waals surface area (Å²) < 4.78 is 40.3. The summed E-state index contributed by atoms with van der Waals surface area (Å²) in [5, 5.41) is 0.996. The van der Waals surface area contributed by atoms with Crippen molar-refractivity contribution in [3.63, 3.8) is 0 Å². The first-order valence-corrected chi connectivity index (χ1v) is 4.50. The number of anilines is 1. The highest BCUT2D eigenvalue weighted by Crippen LogP contribution is 2.32. The van der Waals surface area contributed by atoms with Gasteiger partial charge in [0.2, 0.25) is 0 Å². The molecule has 0 aliphatic carbocycles. The van der Waals surface area contributed by atoms with Gasteiger partial charge >= 0.3 is 6.36 Å². The first kappa shape index (κ1) is 10.6. The van der Waals surface area contributed by atoms with Crippen LogP contribution in [0, 0.1) is 0 Å². The van der Waals surface area contributed by atoms with Crippen molar-refractivity contribution in [3.05, 3.63) is 36.4 Å². The zero-order valence-electron chi connectivity index (χ0n) is 8.08. The van der Waals surface area contributed by atoms with Gasteiger partial charge in [-0.3, -0.25) is 0 Å². The summed E-state index contributed by atoms with van der Waals surface area (Å²) in [7, 11) is 0. The van der Waals surface area contributed by atoms with E-state index in [4.69, 9.17) is 5.73 Å². The molecule has 2 aromatic carbocycles. The molecule has 0 saturated carbocycles. The van der Waals surface area contributed by atoms with E-state index in [0.717, 1.165) is 6.07 Å². The van der Waals surface area contributed by atoms with Gasteiger partial charge in [-0.05, 0) is 11.5 Å². The average Bonchev–Trinajstić information content (AvgIpc) is 2.14. The molecule has 0 atom stereocenters. The van der Waals surface area contributed by atoms with Gasteiger partial charge in [0.1, 0.15) is 5.75 Å². The Bertz CT molecular complexity index is 522. The minimum Gasteiger partial charge on any atom is -0.405 e. The average molecular weight is 227 g/mol. The predicted octanol–water partition coefficient (Wildman–Crippen LogP) is 3.32. The topological polar surface area (TPSA) is 35.2 Å².